The molecule has 0 saturated carbocycles. The Morgan fingerprint density at radius 2 is 1.86 bits per heavy atom. The maximum absolute atomic E-state index is 12.4. The normalized spacial score (nSPS) is 15.1. The van der Waals surface area contributed by atoms with E-state index in [-0.39, 0.29) is 32.9 Å². The zero-order valence-corrected chi connectivity index (χ0v) is 17.1. The highest BCUT2D eigenvalue weighted by Crippen LogP contribution is 2.40. The first-order valence-electron chi connectivity index (χ1n) is 8.24. The van der Waals surface area contributed by atoms with E-state index in [1.807, 2.05) is 6.92 Å². The fraction of sp³-hybridized carbons (Fsp3) is 0.333. The molecule has 0 aromatic heterocycles. The van der Waals surface area contributed by atoms with Crippen molar-refractivity contribution in [2.45, 2.75) is 19.8 Å². The highest BCUT2D eigenvalue weighted by molar-refractivity contribution is 8.26. The number of nitrogens with zero attached hydrogens (tertiary/aromatic N) is 1. The molecule has 8 nitrogen and oxygen atoms in total. The van der Waals surface area contributed by atoms with Crippen molar-refractivity contribution in [2.24, 2.45) is 0 Å². The van der Waals surface area contributed by atoms with Gasteiger partial charge in [0.05, 0.1) is 19.1 Å². The van der Waals surface area contributed by atoms with Gasteiger partial charge < -0.3 is 19.3 Å². The van der Waals surface area contributed by atoms with Crippen LogP contribution in [-0.2, 0) is 14.4 Å². The number of hydrogen-bond donors (Lipinski definition) is 1. The molecular formula is C18H19NO7S2. The lowest BCUT2D eigenvalue weighted by Gasteiger charge is -2.14. The van der Waals surface area contributed by atoms with E-state index in [4.69, 9.17) is 31.5 Å². The van der Waals surface area contributed by atoms with Crippen LogP contribution >= 0.6 is 24.0 Å². The van der Waals surface area contributed by atoms with Crippen molar-refractivity contribution in [3.8, 4) is 17.2 Å². The molecule has 10 heteroatoms. The molecule has 0 atom stereocenters. The van der Waals surface area contributed by atoms with Gasteiger partial charge >= 0.3 is 11.9 Å². The maximum atomic E-state index is 12.4. The summed E-state index contributed by atoms with van der Waals surface area (Å²) in [5, 5.41) is 8.91. The predicted octanol–water partition coefficient (Wildman–Crippen LogP) is 2.70. The Balaban J connectivity index is 2.38. The number of carboxylic acids is 1. The van der Waals surface area contributed by atoms with Crippen molar-refractivity contribution in [2.75, 3.05) is 20.8 Å². The van der Waals surface area contributed by atoms with E-state index < -0.39 is 24.4 Å². The topological polar surface area (TPSA) is 102 Å². The molecule has 1 aromatic carbocycles. The standard InChI is InChI=1S/C18H19NO7S2/c1-4-5-15(22)26-16-11(24-2)6-10(7-12(16)25-3)8-13-17(23)19(9-14(20)21)18(27)28-13/h6-8H,4-5,9H2,1-3H3,(H,20,21)/b13-8-. The summed E-state index contributed by atoms with van der Waals surface area (Å²) in [5.41, 5.74) is 0.541. The summed E-state index contributed by atoms with van der Waals surface area (Å²) in [6.45, 7) is 1.36. The molecule has 0 spiro atoms. The van der Waals surface area contributed by atoms with E-state index in [2.05, 4.69) is 0 Å². The molecular weight excluding hydrogens is 406 g/mol. The van der Waals surface area contributed by atoms with Crippen molar-refractivity contribution in [3.63, 3.8) is 0 Å². The van der Waals surface area contributed by atoms with Gasteiger partial charge in [0.15, 0.2) is 11.5 Å². The van der Waals surface area contributed by atoms with Crippen LogP contribution in [0, 0.1) is 0 Å². The molecule has 150 valence electrons. The number of thioether (sulfide) groups is 1. The number of methoxy groups -OCH3 is 2. The third kappa shape index (κ3) is 5.02. The second kappa shape index (κ2) is 9.56. The predicted molar refractivity (Wildman–Crippen MR) is 108 cm³/mol. The molecule has 1 saturated heterocycles. The van der Waals surface area contributed by atoms with Gasteiger partial charge in [-0.3, -0.25) is 19.3 Å². The zero-order valence-electron chi connectivity index (χ0n) is 15.5. The number of amides is 1. The highest BCUT2D eigenvalue weighted by atomic mass is 32.2. The largest absolute Gasteiger partial charge is 0.493 e. The summed E-state index contributed by atoms with van der Waals surface area (Å²) >= 11 is 6.08. The average molecular weight is 425 g/mol. The lowest BCUT2D eigenvalue weighted by molar-refractivity contribution is -0.140. The van der Waals surface area contributed by atoms with Crippen LogP contribution in [0.2, 0.25) is 0 Å². The number of hydrogen-bond acceptors (Lipinski definition) is 8. The van der Waals surface area contributed by atoms with Gasteiger partial charge in [0.25, 0.3) is 5.91 Å². The van der Waals surface area contributed by atoms with Crippen LogP contribution in [0.1, 0.15) is 25.3 Å². The van der Waals surface area contributed by atoms with Gasteiger partial charge in [0.1, 0.15) is 10.9 Å². The minimum Gasteiger partial charge on any atom is -0.493 e. The van der Waals surface area contributed by atoms with E-state index in [0.29, 0.717) is 12.0 Å². The number of carbonyl (C=O) groups excluding carboxylic acids is 2. The van der Waals surface area contributed by atoms with Crippen molar-refractivity contribution in [1.29, 1.82) is 0 Å². The summed E-state index contributed by atoms with van der Waals surface area (Å²) in [4.78, 5) is 36.4. The molecule has 2 rings (SSSR count). The van der Waals surface area contributed by atoms with Crippen molar-refractivity contribution >= 4 is 52.2 Å². The number of carboxylic acid groups (broad SMARTS) is 1. The van der Waals surface area contributed by atoms with Gasteiger partial charge in [0, 0.05) is 6.42 Å². The van der Waals surface area contributed by atoms with Crippen molar-refractivity contribution in [3.05, 3.63) is 22.6 Å². The van der Waals surface area contributed by atoms with Crippen LogP contribution in [-0.4, -0.2) is 52.9 Å². The first kappa shape index (κ1) is 21.7. The smallest absolute Gasteiger partial charge is 0.323 e. The van der Waals surface area contributed by atoms with Crippen LogP contribution in [0.15, 0.2) is 17.0 Å². The SMILES string of the molecule is CCCC(=O)Oc1c(OC)cc(/C=C2\SC(=S)N(CC(=O)O)C2=O)cc1OC. The van der Waals surface area contributed by atoms with Crippen molar-refractivity contribution < 1.29 is 33.7 Å². The summed E-state index contributed by atoms with van der Waals surface area (Å²) in [6.07, 6.45) is 2.43. The van der Waals surface area contributed by atoms with E-state index in [0.717, 1.165) is 16.7 Å². The Labute approximate surface area is 171 Å². The molecule has 1 aliphatic rings. The molecule has 28 heavy (non-hydrogen) atoms. The number of aliphatic carboxylic acids is 1. The van der Waals surface area contributed by atoms with Gasteiger partial charge in [-0.05, 0) is 30.2 Å². The quantitative estimate of drug-likeness (QED) is 0.291. The monoisotopic (exact) mass is 425 g/mol. The number of carbonyl (C=O) groups is 3. The van der Waals surface area contributed by atoms with E-state index in [1.54, 1.807) is 18.2 Å². The summed E-state index contributed by atoms with van der Waals surface area (Å²) in [5.74, 6) is -1.39. The molecule has 0 unspecified atom stereocenters. The third-order valence-electron chi connectivity index (χ3n) is 3.62. The molecule has 0 aliphatic carbocycles. The number of esters is 1. The lowest BCUT2D eigenvalue weighted by atomic mass is 10.1. The van der Waals surface area contributed by atoms with Crippen LogP contribution in [0.5, 0.6) is 17.2 Å². The van der Waals surface area contributed by atoms with Crippen LogP contribution in [0.4, 0.5) is 0 Å². The Kier molecular flexibility index (Phi) is 7.41. The summed E-state index contributed by atoms with van der Waals surface area (Å²) in [7, 11) is 2.84. The van der Waals surface area contributed by atoms with Crippen LogP contribution < -0.4 is 14.2 Å². The Bertz CT molecular complexity index is 825. The van der Waals surface area contributed by atoms with E-state index in [9.17, 15) is 14.4 Å². The molecule has 1 N–H and O–H groups in total. The van der Waals surface area contributed by atoms with Crippen LogP contribution in [0.25, 0.3) is 6.08 Å². The molecule has 1 heterocycles. The average Bonchev–Trinajstić information content (AvgIpc) is 2.89. The maximum Gasteiger partial charge on any atom is 0.323 e. The number of thiocarbonyl (C=S) groups is 1. The molecule has 1 aliphatic heterocycles. The number of rotatable bonds is 8. The zero-order chi connectivity index (χ0) is 20.8. The van der Waals surface area contributed by atoms with Crippen LogP contribution in [0.3, 0.4) is 0 Å². The lowest BCUT2D eigenvalue weighted by Crippen LogP contribution is -2.33. The van der Waals surface area contributed by atoms with Gasteiger partial charge in [-0.2, -0.15) is 0 Å². The summed E-state index contributed by atoms with van der Waals surface area (Å²) in [6, 6.07) is 3.17. The van der Waals surface area contributed by atoms with Gasteiger partial charge in [0.2, 0.25) is 5.75 Å². The molecule has 1 amide bonds. The van der Waals surface area contributed by atoms with E-state index in [1.165, 1.54) is 14.2 Å². The molecule has 0 bridgehead atoms. The summed E-state index contributed by atoms with van der Waals surface area (Å²) < 4.78 is 16.1. The minimum atomic E-state index is -1.15. The fourth-order valence-corrected chi connectivity index (χ4v) is 3.63. The molecule has 1 aromatic rings. The Morgan fingerprint density at radius 3 is 2.36 bits per heavy atom. The highest BCUT2D eigenvalue weighted by Gasteiger charge is 2.33. The van der Waals surface area contributed by atoms with E-state index >= 15 is 0 Å². The number of ether oxygens (including phenoxy) is 3. The third-order valence-corrected chi connectivity index (χ3v) is 5.00. The van der Waals surface area contributed by atoms with Gasteiger partial charge in [-0.25, -0.2) is 0 Å². The second-order valence-electron chi connectivity index (χ2n) is 5.64. The Morgan fingerprint density at radius 1 is 1.25 bits per heavy atom. The first-order valence-corrected chi connectivity index (χ1v) is 9.47. The van der Waals surface area contributed by atoms with Gasteiger partial charge in [-0.1, -0.05) is 30.9 Å². The number of benzene rings is 1. The second-order valence-corrected chi connectivity index (χ2v) is 7.32. The van der Waals surface area contributed by atoms with Crippen molar-refractivity contribution in [1.82, 2.24) is 4.90 Å². The fourth-order valence-electron chi connectivity index (χ4n) is 2.38. The minimum absolute atomic E-state index is 0.152. The van der Waals surface area contributed by atoms with Gasteiger partial charge in [-0.15, -0.1) is 0 Å². The molecule has 1 fully saturated rings. The first-order chi connectivity index (χ1) is 13.3. The Hall–Kier alpha value is -2.59. The molecule has 0 radical (unpaired) electrons.